The van der Waals surface area contributed by atoms with Crippen LogP contribution in [0.25, 0.3) is 0 Å². The van der Waals surface area contributed by atoms with E-state index < -0.39 is 33.2 Å². The molecule has 8 nitrogen and oxygen atoms in total. The Labute approximate surface area is 216 Å². The number of nitrogens with two attached hydrogens (primary N) is 1. The molecular weight excluding hydrogens is 481 g/mol. The summed E-state index contributed by atoms with van der Waals surface area (Å²) in [5.74, 6) is -0.725. The van der Waals surface area contributed by atoms with Crippen molar-refractivity contribution in [3.8, 4) is 0 Å². The highest BCUT2D eigenvalue weighted by molar-refractivity contribution is 7.47. The number of aliphatic hydroxyl groups is 2. The molecule has 0 aromatic carbocycles. The number of ketones is 1. The molecule has 0 heterocycles. The molecule has 0 bridgehead atoms. The van der Waals surface area contributed by atoms with Crippen LogP contribution in [-0.4, -0.2) is 52.9 Å². The van der Waals surface area contributed by atoms with Crippen LogP contribution in [0.5, 0.6) is 0 Å². The number of rotatable bonds is 22. The second-order valence-corrected chi connectivity index (χ2v) is 9.63. The first-order valence-corrected chi connectivity index (χ1v) is 14.2. The van der Waals surface area contributed by atoms with Gasteiger partial charge in [0.25, 0.3) is 0 Å². The maximum Gasteiger partial charge on any atom is 0.473 e. The molecule has 206 valence electrons. The molecule has 0 saturated carbocycles. The minimum absolute atomic E-state index is 0.270. The molecule has 0 aliphatic heterocycles. The molecule has 9 heteroatoms. The van der Waals surface area contributed by atoms with Crippen LogP contribution in [0.2, 0.25) is 0 Å². The van der Waals surface area contributed by atoms with Crippen molar-refractivity contribution < 1.29 is 33.5 Å². The summed E-state index contributed by atoms with van der Waals surface area (Å²) >= 11 is 0. The average molecular weight is 528 g/mol. The quantitative estimate of drug-likeness (QED) is 0.115. The molecule has 0 aliphatic rings. The first-order chi connectivity index (χ1) is 17.3. The van der Waals surface area contributed by atoms with Gasteiger partial charge in [0.1, 0.15) is 12.2 Å². The van der Waals surface area contributed by atoms with Crippen LogP contribution >= 0.6 is 7.82 Å². The zero-order chi connectivity index (χ0) is 27.1. The van der Waals surface area contributed by atoms with E-state index in [1.807, 2.05) is 19.1 Å². The molecule has 5 N–H and O–H groups in total. The predicted octanol–water partition coefficient (Wildman–Crippen LogP) is 4.93. The lowest BCUT2D eigenvalue weighted by atomic mass is 9.92. The van der Waals surface area contributed by atoms with Crippen molar-refractivity contribution in [2.24, 2.45) is 11.7 Å². The van der Waals surface area contributed by atoms with Gasteiger partial charge in [-0.15, -0.1) is 0 Å². The second-order valence-electron chi connectivity index (χ2n) is 8.22. The maximum atomic E-state index is 12.7. The van der Waals surface area contributed by atoms with E-state index in [4.69, 9.17) is 15.4 Å². The number of Topliss-reactive ketones (excluding diaryl/α,β-unsaturated/α-hetero) is 1. The fourth-order valence-electron chi connectivity index (χ4n) is 3.11. The summed E-state index contributed by atoms with van der Waals surface area (Å²) in [7, 11) is -4.60. The fourth-order valence-corrected chi connectivity index (χ4v) is 4.04. The molecule has 0 rings (SSSR count). The Balaban J connectivity index is 4.31. The second kappa shape index (κ2) is 22.5. The lowest BCUT2D eigenvalue weighted by Crippen LogP contribution is -2.36. The Kier molecular flexibility index (Phi) is 21.5. The predicted molar refractivity (Wildman–Crippen MR) is 145 cm³/mol. The highest BCUT2D eigenvalue weighted by Crippen LogP contribution is 2.45. The maximum absolute atomic E-state index is 12.7. The Bertz CT molecular complexity index is 761. The number of allylic oxidation sites excluding steroid dienone is 10. The Hall–Kier alpha value is -1.64. The van der Waals surface area contributed by atoms with Crippen LogP contribution in [0.4, 0.5) is 0 Å². The molecule has 3 unspecified atom stereocenters. The molecular formula is C27H46NO7P. The van der Waals surface area contributed by atoms with Gasteiger partial charge in [-0.2, -0.15) is 0 Å². The van der Waals surface area contributed by atoms with Crippen LogP contribution in [0, 0.1) is 5.92 Å². The third kappa shape index (κ3) is 18.6. The topological polar surface area (TPSA) is 139 Å². The van der Waals surface area contributed by atoms with E-state index in [9.17, 15) is 19.4 Å². The van der Waals surface area contributed by atoms with Gasteiger partial charge < -0.3 is 20.8 Å². The molecule has 0 spiro atoms. The number of carbonyl (C=O) groups is 1. The smallest absolute Gasteiger partial charge is 0.394 e. The van der Waals surface area contributed by atoms with Gasteiger partial charge in [0.2, 0.25) is 0 Å². The highest BCUT2D eigenvalue weighted by atomic mass is 31.2. The summed E-state index contributed by atoms with van der Waals surface area (Å²) in [6.45, 7) is 2.49. The molecule has 0 radical (unpaired) electrons. The van der Waals surface area contributed by atoms with Gasteiger partial charge in [0.15, 0.2) is 5.78 Å². The number of hydrogen-bond acceptors (Lipinski definition) is 7. The average Bonchev–Trinajstić information content (AvgIpc) is 2.87. The summed E-state index contributed by atoms with van der Waals surface area (Å²) in [5, 5.41) is 18.0. The van der Waals surface area contributed by atoms with E-state index >= 15 is 0 Å². The first kappa shape index (κ1) is 34.4. The minimum atomic E-state index is -4.60. The third-order valence-corrected chi connectivity index (χ3v) is 6.16. The van der Waals surface area contributed by atoms with Crippen LogP contribution in [0.15, 0.2) is 60.8 Å². The highest BCUT2D eigenvalue weighted by Gasteiger charge is 2.33. The SMILES string of the molecule is CCC=CCC=CCC=CCC=CCC=CCCC(CC)C(=O)C(CN)OP(=O)(O)OC[C@H](O)CO. The largest absolute Gasteiger partial charge is 0.473 e. The van der Waals surface area contributed by atoms with Crippen molar-refractivity contribution >= 4 is 13.6 Å². The molecule has 0 saturated heterocycles. The number of aliphatic hydroxyl groups excluding tert-OH is 2. The van der Waals surface area contributed by atoms with Gasteiger partial charge in [0.05, 0.1) is 13.2 Å². The van der Waals surface area contributed by atoms with Gasteiger partial charge in [-0.1, -0.05) is 74.6 Å². The lowest BCUT2D eigenvalue weighted by Gasteiger charge is -2.23. The van der Waals surface area contributed by atoms with Crippen molar-refractivity contribution in [2.45, 2.75) is 77.4 Å². The standard InChI is InChI=1S/C27H46NO7P/c1-3-5-6-7-8-9-10-11-12-13-14-15-16-17-18-19-20-24(4-2)27(31)26(21-28)35-36(32,33)34-23-25(30)22-29/h5-6,8-9,11-12,14-15,17-18,24-26,29-30H,3-4,7,10,13,16,19-23,28H2,1-2H3,(H,32,33)/t24?,25-,26?/m1/s1. The van der Waals surface area contributed by atoms with Crippen molar-refractivity contribution in [1.29, 1.82) is 0 Å². The Morgan fingerprint density at radius 3 is 1.86 bits per heavy atom. The van der Waals surface area contributed by atoms with Gasteiger partial charge in [-0.05, 0) is 51.4 Å². The van der Waals surface area contributed by atoms with E-state index in [1.165, 1.54) is 0 Å². The Morgan fingerprint density at radius 2 is 1.42 bits per heavy atom. The van der Waals surface area contributed by atoms with Crippen LogP contribution in [0.1, 0.15) is 65.2 Å². The normalized spacial score (nSPS) is 17.1. The van der Waals surface area contributed by atoms with Crippen LogP contribution in [-0.2, 0) is 18.4 Å². The third-order valence-electron chi connectivity index (χ3n) is 5.17. The summed E-state index contributed by atoms with van der Waals surface area (Å²) in [6.07, 6.45) is 25.1. The molecule has 0 amide bonds. The molecule has 0 aliphatic carbocycles. The van der Waals surface area contributed by atoms with Crippen molar-refractivity contribution in [3.63, 3.8) is 0 Å². The van der Waals surface area contributed by atoms with E-state index in [2.05, 4.69) is 60.1 Å². The van der Waals surface area contributed by atoms with Gasteiger partial charge in [-0.25, -0.2) is 4.57 Å². The number of hydrogen-bond donors (Lipinski definition) is 4. The summed E-state index contributed by atoms with van der Waals surface area (Å²) in [6, 6.07) is 0. The summed E-state index contributed by atoms with van der Waals surface area (Å²) in [5.41, 5.74) is 5.59. The molecule has 0 aromatic rings. The Morgan fingerprint density at radius 1 is 0.917 bits per heavy atom. The summed E-state index contributed by atoms with van der Waals surface area (Å²) in [4.78, 5) is 22.5. The number of phosphoric ester groups is 1. The molecule has 36 heavy (non-hydrogen) atoms. The fraction of sp³-hybridized carbons (Fsp3) is 0.593. The number of carbonyl (C=O) groups excluding carboxylic acids is 1. The first-order valence-electron chi connectivity index (χ1n) is 12.7. The van der Waals surface area contributed by atoms with Crippen LogP contribution in [0.3, 0.4) is 0 Å². The monoisotopic (exact) mass is 527 g/mol. The number of phosphoric acid groups is 1. The molecule has 4 atom stereocenters. The zero-order valence-electron chi connectivity index (χ0n) is 21.8. The summed E-state index contributed by atoms with van der Waals surface area (Å²) < 4.78 is 21.6. The molecule has 0 aromatic heterocycles. The lowest BCUT2D eigenvalue weighted by molar-refractivity contribution is -0.130. The molecule has 0 fully saturated rings. The van der Waals surface area contributed by atoms with Crippen molar-refractivity contribution in [1.82, 2.24) is 0 Å². The minimum Gasteiger partial charge on any atom is -0.394 e. The zero-order valence-corrected chi connectivity index (χ0v) is 22.7. The van der Waals surface area contributed by atoms with Gasteiger partial charge >= 0.3 is 7.82 Å². The van der Waals surface area contributed by atoms with Crippen molar-refractivity contribution in [3.05, 3.63) is 60.8 Å². The van der Waals surface area contributed by atoms with E-state index in [0.29, 0.717) is 19.3 Å². The van der Waals surface area contributed by atoms with Gasteiger partial charge in [-0.3, -0.25) is 13.8 Å². The van der Waals surface area contributed by atoms with E-state index in [0.717, 1.165) is 32.1 Å². The van der Waals surface area contributed by atoms with Crippen LogP contribution < -0.4 is 5.73 Å². The van der Waals surface area contributed by atoms with Crippen molar-refractivity contribution in [2.75, 3.05) is 19.8 Å². The van der Waals surface area contributed by atoms with E-state index in [1.54, 1.807) is 0 Å². The van der Waals surface area contributed by atoms with Gasteiger partial charge in [0, 0.05) is 12.5 Å². The van der Waals surface area contributed by atoms with E-state index in [-0.39, 0.29) is 18.2 Å².